The Kier molecular flexibility index (Phi) is 27.8. The summed E-state index contributed by atoms with van der Waals surface area (Å²) >= 11 is 0. The standard InChI is InChI=1S/C47H78N6O22/c1-26(12-18-71-45(67)31(50(4)5)11-8-17-53(70)36(58)23-28(3)14-20-73-47-42(64)40(62)38(60)33(25-55)75-47)21-34(56)51(68)15-6-9-29-43(65)49-30(44(66)48-29)10-7-16-52(69)35(57)22-27(2)13-19-72-46-41(63)39(61)37(59)32(24-54)74-46/h21-23,29-33,37-42,46-47,54-55,59-64,68-70H,6-20,24-25H2,1-5H3,(H,48,66)(H,49,65)/b26-21+,27-22+,28-23+/t29-,30-,31-,32+,33+,37+,38+,39-,40-,41-,42-,46+,47+/m0/s1. The number of carbonyl (C=O) groups is 6. The van der Waals surface area contributed by atoms with Crippen LogP contribution in [0.25, 0.3) is 0 Å². The number of piperazine rings is 1. The monoisotopic (exact) mass is 1080 g/mol. The zero-order valence-corrected chi connectivity index (χ0v) is 43.0. The first-order valence-corrected chi connectivity index (χ1v) is 24.7. The van der Waals surface area contributed by atoms with E-state index in [-0.39, 0.29) is 97.2 Å². The molecule has 0 spiro atoms. The van der Waals surface area contributed by atoms with Crippen molar-refractivity contribution in [2.45, 2.75) is 158 Å². The summed E-state index contributed by atoms with van der Waals surface area (Å²) in [5.74, 6) is -3.83. The van der Waals surface area contributed by atoms with Gasteiger partial charge in [0.15, 0.2) is 12.6 Å². The van der Waals surface area contributed by atoms with E-state index < -0.39 is 128 Å². The third-order valence-electron chi connectivity index (χ3n) is 12.6. The van der Waals surface area contributed by atoms with Crippen LogP contribution >= 0.6 is 0 Å². The number of aliphatic hydroxyl groups is 8. The SMILES string of the molecule is C/C(=C\C(=O)N(O)CCC[C@@H]1NC(=O)[C@H](CCCN(O)C(=O)/C=C(\C)CCO[C@@H]2O[C@H](CO)[C@@H](O)[C@H](O)[C@@H]2O)NC1=O)CCOC(=O)[C@H](CCCN(O)C(=O)/C=C(\C)CCO[C@@H]1O[C@H](CO)[C@@H](O)[C@H](O)[C@@H]1O)N(C)C. The number of likely N-dealkylation sites (N-methyl/N-ethyl adjacent to an activating group) is 1. The molecule has 0 aliphatic carbocycles. The number of carbonyl (C=O) groups excluding carboxylic acids is 6. The molecule has 5 amide bonds. The van der Waals surface area contributed by atoms with Crippen molar-refractivity contribution in [2.24, 2.45) is 0 Å². The Morgan fingerprint density at radius 1 is 0.573 bits per heavy atom. The van der Waals surface area contributed by atoms with Gasteiger partial charge in [-0.1, -0.05) is 16.7 Å². The van der Waals surface area contributed by atoms with Crippen LogP contribution < -0.4 is 10.6 Å². The fourth-order valence-electron chi connectivity index (χ4n) is 7.89. The van der Waals surface area contributed by atoms with Crippen LogP contribution in [-0.4, -0.2) is 258 Å². The van der Waals surface area contributed by atoms with Gasteiger partial charge in [0.05, 0.1) is 33.0 Å². The lowest BCUT2D eigenvalue weighted by Crippen LogP contribution is -2.61. The van der Waals surface area contributed by atoms with Crippen LogP contribution in [0.5, 0.6) is 0 Å². The molecule has 28 heteroatoms. The number of hydrogen-bond donors (Lipinski definition) is 13. The largest absolute Gasteiger partial charge is 0.464 e. The molecule has 0 unspecified atom stereocenters. The minimum absolute atomic E-state index is 0.0609. The summed E-state index contributed by atoms with van der Waals surface area (Å²) in [4.78, 5) is 77.9. The summed E-state index contributed by atoms with van der Waals surface area (Å²) in [7, 11) is 3.31. The van der Waals surface area contributed by atoms with E-state index in [0.717, 1.165) is 12.2 Å². The van der Waals surface area contributed by atoms with Crippen LogP contribution in [0.2, 0.25) is 0 Å². The van der Waals surface area contributed by atoms with Crippen molar-refractivity contribution in [1.82, 2.24) is 30.7 Å². The predicted molar refractivity (Wildman–Crippen MR) is 255 cm³/mol. The lowest BCUT2D eigenvalue weighted by atomic mass is 9.99. The molecule has 3 aliphatic heterocycles. The smallest absolute Gasteiger partial charge is 0.323 e. The molecule has 13 N–H and O–H groups in total. The van der Waals surface area contributed by atoms with E-state index in [1.807, 2.05) is 0 Å². The number of ether oxygens (including phenoxy) is 5. The number of nitrogens with zero attached hydrogens (tertiary/aromatic N) is 4. The van der Waals surface area contributed by atoms with Gasteiger partial charge < -0.3 is 75.2 Å². The molecule has 428 valence electrons. The summed E-state index contributed by atoms with van der Waals surface area (Å²) in [6, 6.07) is -2.63. The fraction of sp³-hybridized carbons (Fsp3) is 0.745. The van der Waals surface area contributed by atoms with E-state index in [9.17, 15) is 85.2 Å². The third kappa shape index (κ3) is 20.7. The van der Waals surface area contributed by atoms with Crippen molar-refractivity contribution in [3.05, 3.63) is 34.9 Å². The fourth-order valence-corrected chi connectivity index (χ4v) is 7.89. The third-order valence-corrected chi connectivity index (χ3v) is 12.6. The Balaban J connectivity index is 1.30. The zero-order valence-electron chi connectivity index (χ0n) is 43.0. The van der Waals surface area contributed by atoms with E-state index in [1.54, 1.807) is 39.8 Å². The minimum atomic E-state index is -1.61. The van der Waals surface area contributed by atoms with E-state index in [2.05, 4.69) is 10.6 Å². The molecule has 0 saturated carbocycles. The second-order valence-electron chi connectivity index (χ2n) is 18.9. The van der Waals surface area contributed by atoms with Gasteiger partial charge in [-0.3, -0.25) is 49.3 Å². The lowest BCUT2D eigenvalue weighted by Gasteiger charge is -2.39. The molecule has 3 rings (SSSR count). The summed E-state index contributed by atoms with van der Waals surface area (Å²) in [5.41, 5.74) is 1.46. The summed E-state index contributed by atoms with van der Waals surface area (Å²) < 4.78 is 26.8. The van der Waals surface area contributed by atoms with Gasteiger partial charge in [-0.2, -0.15) is 0 Å². The maximum Gasteiger partial charge on any atom is 0.323 e. The predicted octanol–water partition coefficient (Wildman–Crippen LogP) is -3.92. The molecule has 3 saturated heterocycles. The van der Waals surface area contributed by atoms with Gasteiger partial charge in [0.2, 0.25) is 11.8 Å². The number of rotatable bonds is 30. The molecular weight excluding hydrogens is 1000 g/mol. The molecular formula is C47H78N6O22. The molecule has 0 aromatic heterocycles. The van der Waals surface area contributed by atoms with Crippen LogP contribution in [0.3, 0.4) is 0 Å². The van der Waals surface area contributed by atoms with Gasteiger partial charge in [0.1, 0.15) is 67.0 Å². The molecule has 3 fully saturated rings. The summed E-state index contributed by atoms with van der Waals surface area (Å²) in [6.07, 6.45) is -9.54. The number of hydroxylamine groups is 6. The molecule has 3 heterocycles. The maximum atomic E-state index is 12.9. The Morgan fingerprint density at radius 3 is 1.29 bits per heavy atom. The van der Waals surface area contributed by atoms with Crippen LogP contribution in [0.4, 0.5) is 0 Å². The Morgan fingerprint density at radius 2 is 0.933 bits per heavy atom. The van der Waals surface area contributed by atoms with Crippen molar-refractivity contribution in [2.75, 3.05) is 66.8 Å². The highest BCUT2D eigenvalue weighted by atomic mass is 16.7. The molecule has 13 atom stereocenters. The Hall–Kier alpha value is -4.60. The van der Waals surface area contributed by atoms with Crippen molar-refractivity contribution >= 4 is 35.5 Å². The maximum absolute atomic E-state index is 12.9. The highest BCUT2D eigenvalue weighted by molar-refractivity contribution is 5.97. The highest BCUT2D eigenvalue weighted by Gasteiger charge is 2.45. The molecule has 28 nitrogen and oxygen atoms in total. The molecule has 75 heavy (non-hydrogen) atoms. The molecule has 0 radical (unpaired) electrons. The van der Waals surface area contributed by atoms with E-state index in [4.69, 9.17) is 23.7 Å². The van der Waals surface area contributed by atoms with E-state index in [1.165, 1.54) is 6.08 Å². The van der Waals surface area contributed by atoms with Crippen LogP contribution in [0.1, 0.15) is 78.6 Å². The number of hydrogen-bond acceptors (Lipinski definition) is 23. The lowest BCUT2D eigenvalue weighted by molar-refractivity contribution is -0.300. The molecule has 0 aromatic carbocycles. The first kappa shape index (κ1) is 64.7. The van der Waals surface area contributed by atoms with Crippen molar-refractivity contribution in [3.8, 4) is 0 Å². The first-order valence-electron chi connectivity index (χ1n) is 24.7. The highest BCUT2D eigenvalue weighted by Crippen LogP contribution is 2.24. The normalized spacial score (nSPS) is 28.1. The average Bonchev–Trinajstić information content (AvgIpc) is 3.35. The van der Waals surface area contributed by atoms with Crippen molar-refractivity contribution in [3.63, 3.8) is 0 Å². The quantitative estimate of drug-likeness (QED) is 0.0141. The molecule has 0 aromatic rings. The number of aliphatic hydroxyl groups excluding tert-OH is 8. The second kappa shape index (κ2) is 32.2. The summed E-state index contributed by atoms with van der Waals surface area (Å²) in [6.45, 7) is 2.86. The second-order valence-corrected chi connectivity index (χ2v) is 18.9. The zero-order chi connectivity index (χ0) is 56.1. The van der Waals surface area contributed by atoms with Gasteiger partial charge >= 0.3 is 5.97 Å². The van der Waals surface area contributed by atoms with E-state index in [0.29, 0.717) is 31.9 Å². The Labute approximate surface area is 434 Å². The van der Waals surface area contributed by atoms with Crippen LogP contribution in [0.15, 0.2) is 34.9 Å². The van der Waals surface area contributed by atoms with E-state index >= 15 is 0 Å². The molecule has 3 aliphatic rings. The number of amides is 5. The number of esters is 1. The van der Waals surface area contributed by atoms with Crippen LogP contribution in [0, 0.1) is 0 Å². The van der Waals surface area contributed by atoms with Crippen LogP contribution in [-0.2, 0) is 52.5 Å². The minimum Gasteiger partial charge on any atom is -0.464 e. The Bertz CT molecular complexity index is 1960. The van der Waals surface area contributed by atoms with Gasteiger partial charge in [-0.15, -0.1) is 0 Å². The van der Waals surface area contributed by atoms with Crippen molar-refractivity contribution < 1.29 is 109 Å². The molecule has 0 bridgehead atoms. The topological polar surface area (TPSA) is 408 Å². The summed E-state index contributed by atoms with van der Waals surface area (Å²) in [5, 5.41) is 116. The van der Waals surface area contributed by atoms with Crippen molar-refractivity contribution in [1.29, 1.82) is 0 Å². The number of nitrogens with one attached hydrogen (secondary N) is 2. The van der Waals surface area contributed by atoms with Gasteiger partial charge in [0, 0.05) is 44.3 Å². The van der Waals surface area contributed by atoms with Gasteiger partial charge in [-0.25, -0.2) is 15.2 Å². The first-order chi connectivity index (χ1) is 35.4. The average molecular weight is 1080 g/mol. The van der Waals surface area contributed by atoms with Gasteiger partial charge in [0.25, 0.3) is 17.7 Å². The van der Waals surface area contributed by atoms with Gasteiger partial charge in [-0.05, 0) is 86.2 Å².